The van der Waals surface area contributed by atoms with Gasteiger partial charge in [-0.05, 0) is 60.3 Å². The zero-order valence-electron chi connectivity index (χ0n) is 12.5. The number of nitrogens with zero attached hydrogens (tertiary/aromatic N) is 1. The summed E-state index contributed by atoms with van der Waals surface area (Å²) in [6, 6.07) is 8.97. The fraction of sp³-hybridized carbons (Fsp3) is 0.294. The Balaban J connectivity index is 2.28. The quantitative estimate of drug-likeness (QED) is 0.820. The van der Waals surface area contributed by atoms with E-state index in [0.29, 0.717) is 11.4 Å². The first-order valence-corrected chi connectivity index (χ1v) is 6.94. The number of phenolic OH excluding ortho intramolecular Hbond substituents is 1. The molecule has 110 valence electrons. The molecule has 0 unspecified atom stereocenters. The maximum Gasteiger partial charge on any atom is 0.123 e. The lowest BCUT2D eigenvalue weighted by atomic mass is 10.0. The number of ether oxygens (including phenoxy) is 1. The highest BCUT2D eigenvalue weighted by Gasteiger charge is 2.10. The summed E-state index contributed by atoms with van der Waals surface area (Å²) in [6.45, 7) is 6.01. The van der Waals surface area contributed by atoms with Crippen LogP contribution in [0.3, 0.4) is 0 Å². The Kier molecular flexibility index (Phi) is 4.58. The van der Waals surface area contributed by atoms with Gasteiger partial charge in [0.2, 0.25) is 0 Å². The first-order chi connectivity index (χ1) is 10.1. The zero-order chi connectivity index (χ0) is 15.4. The van der Waals surface area contributed by atoms with Crippen LogP contribution in [-0.2, 0) is 13.0 Å². The minimum Gasteiger partial charge on any atom is -0.508 e. The van der Waals surface area contributed by atoms with Crippen molar-refractivity contribution < 1.29 is 9.84 Å². The molecular weight excluding hydrogens is 266 g/mol. The van der Waals surface area contributed by atoms with E-state index < -0.39 is 0 Å². The lowest BCUT2D eigenvalue weighted by molar-refractivity contribution is 0.302. The number of aromatic hydroxyl groups is 1. The van der Waals surface area contributed by atoms with E-state index in [0.717, 1.165) is 28.7 Å². The molecule has 0 aromatic heterocycles. The van der Waals surface area contributed by atoms with Crippen molar-refractivity contribution in [1.82, 2.24) is 0 Å². The molecule has 0 bridgehead atoms. The highest BCUT2D eigenvalue weighted by molar-refractivity contribution is 5.50. The van der Waals surface area contributed by atoms with Gasteiger partial charge in [0.1, 0.15) is 23.8 Å². The molecule has 0 heterocycles. The molecule has 0 aliphatic rings. The Labute approximate surface area is 124 Å². The van der Waals surface area contributed by atoms with E-state index >= 15 is 0 Å². The monoisotopic (exact) mass is 285 g/mol. The topological polar surface area (TPSA) is 58.9 Å². The summed E-state index contributed by atoms with van der Waals surface area (Å²) in [5.41, 5.74) is 3.91. The van der Waals surface area contributed by atoms with Crippen molar-refractivity contribution in [2.75, 3.05) is 0 Å². The number of hydrogen-bond donors (Lipinski definition) is 1. The Morgan fingerprint density at radius 1 is 1.19 bits per heavy atom. The van der Waals surface area contributed by atoms with E-state index in [1.54, 1.807) is 18.2 Å². The summed E-state index contributed by atoms with van der Waals surface area (Å²) in [6.07, 6.45) is 0.815. The van der Waals surface area contributed by atoms with E-state index in [9.17, 15) is 10.0 Å². The molecule has 0 saturated heterocycles. The Morgan fingerprint density at radius 3 is 2.62 bits per heavy atom. The minimum atomic E-state index is 0.254. The maximum atomic E-state index is 10.9. The molecule has 0 spiro atoms. The molecule has 2 aromatic carbocycles. The van der Waals surface area contributed by atoms with Crippen molar-refractivity contribution in [2.24, 2.45) is 5.18 Å². The van der Waals surface area contributed by atoms with Crippen LogP contribution in [0.2, 0.25) is 0 Å². The van der Waals surface area contributed by atoms with Crippen molar-refractivity contribution in [3.63, 3.8) is 0 Å². The van der Waals surface area contributed by atoms with Gasteiger partial charge in [0, 0.05) is 5.56 Å². The van der Waals surface area contributed by atoms with Gasteiger partial charge in [0.05, 0.1) is 0 Å². The van der Waals surface area contributed by atoms with E-state index in [1.807, 2.05) is 32.9 Å². The van der Waals surface area contributed by atoms with Crippen molar-refractivity contribution in [3.8, 4) is 11.5 Å². The van der Waals surface area contributed by atoms with E-state index in [-0.39, 0.29) is 12.4 Å². The fourth-order valence-corrected chi connectivity index (χ4v) is 2.28. The average Bonchev–Trinajstić information content (AvgIpc) is 2.49. The molecule has 0 amide bonds. The molecule has 2 aromatic rings. The lowest BCUT2D eigenvalue weighted by Crippen LogP contribution is -2.01. The highest BCUT2D eigenvalue weighted by Crippen LogP contribution is 2.29. The van der Waals surface area contributed by atoms with E-state index in [4.69, 9.17) is 4.74 Å². The molecule has 4 heteroatoms. The second-order valence-corrected chi connectivity index (χ2v) is 5.05. The second-order valence-electron chi connectivity index (χ2n) is 5.05. The summed E-state index contributed by atoms with van der Waals surface area (Å²) in [7, 11) is 0. The van der Waals surface area contributed by atoms with Crippen LogP contribution in [0.5, 0.6) is 11.5 Å². The molecule has 0 saturated carbocycles. The van der Waals surface area contributed by atoms with Crippen LogP contribution in [0.15, 0.2) is 35.5 Å². The first kappa shape index (κ1) is 15.0. The van der Waals surface area contributed by atoms with Crippen LogP contribution in [0.1, 0.15) is 29.2 Å². The SMILES string of the molecule is CCc1cccc(N=O)c1COc1cc(C)c(O)cc1C. The highest BCUT2D eigenvalue weighted by atomic mass is 16.5. The Hall–Kier alpha value is -2.36. The predicted molar refractivity (Wildman–Crippen MR) is 83.2 cm³/mol. The van der Waals surface area contributed by atoms with Crippen LogP contribution in [-0.4, -0.2) is 5.11 Å². The predicted octanol–water partition coefficient (Wildman–Crippen LogP) is 4.55. The largest absolute Gasteiger partial charge is 0.508 e. The minimum absolute atomic E-state index is 0.254. The van der Waals surface area contributed by atoms with Gasteiger partial charge in [-0.15, -0.1) is 4.91 Å². The second kappa shape index (κ2) is 6.39. The van der Waals surface area contributed by atoms with E-state index in [1.165, 1.54) is 0 Å². The van der Waals surface area contributed by atoms with Gasteiger partial charge in [0.15, 0.2) is 0 Å². The Bertz CT molecular complexity index is 665. The summed E-state index contributed by atoms with van der Waals surface area (Å²) in [5, 5.41) is 12.7. The molecule has 0 radical (unpaired) electrons. The van der Waals surface area contributed by atoms with Crippen LogP contribution in [0.4, 0.5) is 5.69 Å². The van der Waals surface area contributed by atoms with Gasteiger partial charge < -0.3 is 9.84 Å². The average molecular weight is 285 g/mol. The zero-order valence-corrected chi connectivity index (χ0v) is 12.5. The van der Waals surface area contributed by atoms with Gasteiger partial charge >= 0.3 is 0 Å². The molecule has 0 atom stereocenters. The number of nitroso groups, excluding NO2 is 1. The fourth-order valence-electron chi connectivity index (χ4n) is 2.28. The van der Waals surface area contributed by atoms with Crippen molar-refractivity contribution >= 4 is 5.69 Å². The third kappa shape index (κ3) is 3.21. The van der Waals surface area contributed by atoms with Crippen molar-refractivity contribution in [1.29, 1.82) is 0 Å². The van der Waals surface area contributed by atoms with E-state index in [2.05, 4.69) is 5.18 Å². The van der Waals surface area contributed by atoms with Gasteiger partial charge in [-0.25, -0.2) is 0 Å². The molecule has 1 N–H and O–H groups in total. The van der Waals surface area contributed by atoms with Gasteiger partial charge in [0.25, 0.3) is 0 Å². The third-order valence-electron chi connectivity index (χ3n) is 3.59. The summed E-state index contributed by atoms with van der Waals surface area (Å²) >= 11 is 0. The normalized spacial score (nSPS) is 10.4. The number of aryl methyl sites for hydroxylation is 3. The molecular formula is C17H19NO3. The van der Waals surface area contributed by atoms with Gasteiger partial charge in [-0.1, -0.05) is 19.1 Å². The summed E-state index contributed by atoms with van der Waals surface area (Å²) in [4.78, 5) is 10.9. The number of phenols is 1. The first-order valence-electron chi connectivity index (χ1n) is 6.94. The van der Waals surface area contributed by atoms with Gasteiger partial charge in [-0.2, -0.15) is 0 Å². The molecule has 0 aliphatic carbocycles. The van der Waals surface area contributed by atoms with Crippen LogP contribution >= 0.6 is 0 Å². The van der Waals surface area contributed by atoms with Crippen LogP contribution < -0.4 is 4.74 Å². The maximum absolute atomic E-state index is 10.9. The smallest absolute Gasteiger partial charge is 0.123 e. The number of hydrogen-bond acceptors (Lipinski definition) is 4. The van der Waals surface area contributed by atoms with Crippen LogP contribution in [0, 0.1) is 18.8 Å². The summed E-state index contributed by atoms with van der Waals surface area (Å²) in [5.74, 6) is 0.956. The molecule has 0 aliphatic heterocycles. The van der Waals surface area contributed by atoms with Crippen LogP contribution in [0.25, 0.3) is 0 Å². The lowest BCUT2D eigenvalue weighted by Gasteiger charge is -2.14. The third-order valence-corrected chi connectivity index (χ3v) is 3.59. The number of rotatable bonds is 5. The molecule has 4 nitrogen and oxygen atoms in total. The number of benzene rings is 2. The van der Waals surface area contributed by atoms with Gasteiger partial charge in [-0.3, -0.25) is 0 Å². The van der Waals surface area contributed by atoms with Crippen molar-refractivity contribution in [3.05, 3.63) is 57.5 Å². The Morgan fingerprint density at radius 2 is 1.95 bits per heavy atom. The summed E-state index contributed by atoms with van der Waals surface area (Å²) < 4.78 is 5.83. The molecule has 0 fully saturated rings. The standard InChI is InChI=1S/C17H19NO3/c1-4-13-6-5-7-15(18-20)14(13)10-21-17-9-11(2)16(19)8-12(17)3/h5-9,19H,4,10H2,1-3H3. The molecule has 21 heavy (non-hydrogen) atoms. The van der Waals surface area contributed by atoms with Crippen molar-refractivity contribution in [2.45, 2.75) is 33.8 Å². The molecule has 2 rings (SSSR count).